The molecule has 0 saturated carbocycles. The van der Waals surface area contributed by atoms with Crippen molar-refractivity contribution in [1.29, 1.82) is 0 Å². The van der Waals surface area contributed by atoms with Gasteiger partial charge in [-0.05, 0) is 42.2 Å². The van der Waals surface area contributed by atoms with Gasteiger partial charge in [0.25, 0.3) is 0 Å². The standard InChI is InChI=1S/C18H20O/c1-12(2)18(19)17-7-5-6-15(11-17)16-9-8-13(3)14(4)10-16/h5-12H,1-4H3. The highest BCUT2D eigenvalue weighted by Gasteiger charge is 2.11. The monoisotopic (exact) mass is 252 g/mol. The predicted molar refractivity (Wildman–Crippen MR) is 80.5 cm³/mol. The number of Topliss-reactive ketones (excluding diaryl/α,β-unsaturated/α-hetero) is 1. The van der Waals surface area contributed by atoms with Gasteiger partial charge in [-0.1, -0.05) is 50.2 Å². The van der Waals surface area contributed by atoms with Crippen LogP contribution in [0.4, 0.5) is 0 Å². The molecule has 0 amide bonds. The van der Waals surface area contributed by atoms with E-state index in [1.165, 1.54) is 16.7 Å². The van der Waals surface area contributed by atoms with Gasteiger partial charge in [-0.15, -0.1) is 0 Å². The lowest BCUT2D eigenvalue weighted by Gasteiger charge is -2.09. The van der Waals surface area contributed by atoms with Crippen LogP contribution in [0.25, 0.3) is 11.1 Å². The van der Waals surface area contributed by atoms with Gasteiger partial charge in [0.15, 0.2) is 5.78 Å². The normalized spacial score (nSPS) is 10.8. The summed E-state index contributed by atoms with van der Waals surface area (Å²) in [5, 5.41) is 0. The largest absolute Gasteiger partial charge is 0.294 e. The second-order valence-corrected chi connectivity index (χ2v) is 5.40. The summed E-state index contributed by atoms with van der Waals surface area (Å²) in [6.45, 7) is 8.09. The number of hydrogen-bond donors (Lipinski definition) is 0. The van der Waals surface area contributed by atoms with Crippen molar-refractivity contribution in [3.8, 4) is 11.1 Å². The van der Waals surface area contributed by atoms with Crippen LogP contribution in [0.5, 0.6) is 0 Å². The Kier molecular flexibility index (Phi) is 3.84. The van der Waals surface area contributed by atoms with Crippen LogP contribution in [-0.4, -0.2) is 5.78 Å². The molecule has 0 aliphatic carbocycles. The molecule has 0 N–H and O–H groups in total. The third-order valence-electron chi connectivity index (χ3n) is 3.51. The molecule has 0 atom stereocenters. The van der Waals surface area contributed by atoms with Crippen LogP contribution in [0, 0.1) is 19.8 Å². The van der Waals surface area contributed by atoms with Crippen molar-refractivity contribution >= 4 is 5.78 Å². The molecule has 0 heterocycles. The fraction of sp³-hybridized carbons (Fsp3) is 0.278. The summed E-state index contributed by atoms with van der Waals surface area (Å²) in [5.74, 6) is 0.237. The van der Waals surface area contributed by atoms with E-state index in [1.54, 1.807) is 0 Å². The van der Waals surface area contributed by atoms with Crippen LogP contribution in [0.1, 0.15) is 35.3 Å². The van der Waals surface area contributed by atoms with Gasteiger partial charge in [-0.2, -0.15) is 0 Å². The SMILES string of the molecule is Cc1ccc(-c2cccc(C(=O)C(C)C)c2)cc1C. The van der Waals surface area contributed by atoms with E-state index in [1.807, 2.05) is 32.0 Å². The number of rotatable bonds is 3. The van der Waals surface area contributed by atoms with Crippen molar-refractivity contribution < 1.29 is 4.79 Å². The van der Waals surface area contributed by atoms with Gasteiger partial charge in [0.1, 0.15) is 0 Å². The highest BCUT2D eigenvalue weighted by atomic mass is 16.1. The van der Waals surface area contributed by atoms with Crippen molar-refractivity contribution in [1.82, 2.24) is 0 Å². The van der Waals surface area contributed by atoms with Gasteiger partial charge in [0.2, 0.25) is 0 Å². The minimum atomic E-state index is 0.0370. The van der Waals surface area contributed by atoms with Gasteiger partial charge >= 0.3 is 0 Å². The third kappa shape index (κ3) is 2.93. The lowest BCUT2D eigenvalue weighted by atomic mass is 9.95. The van der Waals surface area contributed by atoms with Crippen LogP contribution in [0.15, 0.2) is 42.5 Å². The minimum Gasteiger partial charge on any atom is -0.294 e. The van der Waals surface area contributed by atoms with Gasteiger partial charge in [0.05, 0.1) is 0 Å². The lowest BCUT2D eigenvalue weighted by Crippen LogP contribution is -2.07. The lowest BCUT2D eigenvalue weighted by molar-refractivity contribution is 0.0939. The first-order valence-electron chi connectivity index (χ1n) is 6.71. The topological polar surface area (TPSA) is 17.1 Å². The summed E-state index contributed by atoms with van der Waals surface area (Å²) in [6.07, 6.45) is 0. The first-order chi connectivity index (χ1) is 8.99. The van der Waals surface area contributed by atoms with Crippen LogP contribution >= 0.6 is 0 Å². The Morgan fingerprint density at radius 2 is 1.58 bits per heavy atom. The molecule has 0 aromatic heterocycles. The Balaban J connectivity index is 2.43. The molecule has 0 radical (unpaired) electrons. The van der Waals surface area contributed by atoms with E-state index in [4.69, 9.17) is 0 Å². The van der Waals surface area contributed by atoms with E-state index in [0.717, 1.165) is 11.1 Å². The molecule has 1 nitrogen and oxygen atoms in total. The predicted octanol–water partition coefficient (Wildman–Crippen LogP) is 4.81. The molecule has 0 bridgehead atoms. The Morgan fingerprint density at radius 3 is 2.21 bits per heavy atom. The van der Waals surface area contributed by atoms with E-state index in [-0.39, 0.29) is 11.7 Å². The maximum atomic E-state index is 12.0. The molecule has 98 valence electrons. The smallest absolute Gasteiger partial charge is 0.165 e. The molecule has 0 fully saturated rings. The molecule has 1 heteroatoms. The maximum absolute atomic E-state index is 12.0. The number of ketones is 1. The van der Waals surface area contributed by atoms with Crippen LogP contribution in [0.3, 0.4) is 0 Å². The van der Waals surface area contributed by atoms with E-state index in [9.17, 15) is 4.79 Å². The molecular weight excluding hydrogens is 232 g/mol. The summed E-state index contributed by atoms with van der Waals surface area (Å²) < 4.78 is 0. The summed E-state index contributed by atoms with van der Waals surface area (Å²) in [4.78, 5) is 12.0. The number of hydrogen-bond acceptors (Lipinski definition) is 1. The number of carbonyl (C=O) groups excluding carboxylic acids is 1. The molecule has 19 heavy (non-hydrogen) atoms. The van der Waals surface area contributed by atoms with Crippen molar-refractivity contribution in [3.63, 3.8) is 0 Å². The third-order valence-corrected chi connectivity index (χ3v) is 3.51. The van der Waals surface area contributed by atoms with Gasteiger partial charge < -0.3 is 0 Å². The molecule has 0 spiro atoms. The Labute approximate surface area is 115 Å². The molecule has 2 aromatic carbocycles. The van der Waals surface area contributed by atoms with Gasteiger partial charge in [-0.25, -0.2) is 0 Å². The number of aryl methyl sites for hydroxylation is 2. The van der Waals surface area contributed by atoms with E-state index < -0.39 is 0 Å². The molecule has 0 aliphatic rings. The maximum Gasteiger partial charge on any atom is 0.165 e. The molecule has 2 rings (SSSR count). The highest BCUT2D eigenvalue weighted by molar-refractivity contribution is 5.98. The summed E-state index contributed by atoms with van der Waals surface area (Å²) >= 11 is 0. The average Bonchev–Trinajstić information content (AvgIpc) is 2.41. The van der Waals surface area contributed by atoms with Crippen LogP contribution < -0.4 is 0 Å². The molecule has 0 unspecified atom stereocenters. The van der Waals surface area contributed by atoms with Crippen molar-refractivity contribution in [2.45, 2.75) is 27.7 Å². The van der Waals surface area contributed by atoms with E-state index in [2.05, 4.69) is 38.1 Å². The highest BCUT2D eigenvalue weighted by Crippen LogP contribution is 2.24. The number of carbonyl (C=O) groups is 1. The Morgan fingerprint density at radius 1 is 0.895 bits per heavy atom. The van der Waals surface area contributed by atoms with E-state index in [0.29, 0.717) is 0 Å². The summed E-state index contributed by atoms with van der Waals surface area (Å²) in [6, 6.07) is 14.3. The zero-order valence-electron chi connectivity index (χ0n) is 12.0. The zero-order valence-corrected chi connectivity index (χ0v) is 12.0. The average molecular weight is 252 g/mol. The minimum absolute atomic E-state index is 0.0370. The zero-order chi connectivity index (χ0) is 14.0. The Hall–Kier alpha value is -1.89. The van der Waals surface area contributed by atoms with E-state index >= 15 is 0 Å². The van der Waals surface area contributed by atoms with Crippen LogP contribution in [0.2, 0.25) is 0 Å². The molecular formula is C18H20O. The number of benzene rings is 2. The Bertz CT molecular complexity index is 609. The van der Waals surface area contributed by atoms with Gasteiger partial charge in [-0.3, -0.25) is 4.79 Å². The molecule has 0 aliphatic heterocycles. The van der Waals surface area contributed by atoms with Crippen molar-refractivity contribution in [3.05, 3.63) is 59.2 Å². The summed E-state index contributed by atoms with van der Waals surface area (Å²) in [7, 11) is 0. The summed E-state index contributed by atoms with van der Waals surface area (Å²) in [5.41, 5.74) is 5.64. The first kappa shape index (κ1) is 13.5. The fourth-order valence-corrected chi connectivity index (χ4v) is 2.11. The quantitative estimate of drug-likeness (QED) is 0.716. The second-order valence-electron chi connectivity index (χ2n) is 5.40. The van der Waals surface area contributed by atoms with Crippen LogP contribution in [-0.2, 0) is 0 Å². The second kappa shape index (κ2) is 5.40. The molecule has 0 saturated heterocycles. The van der Waals surface area contributed by atoms with Crippen molar-refractivity contribution in [2.24, 2.45) is 5.92 Å². The molecule has 2 aromatic rings. The first-order valence-corrected chi connectivity index (χ1v) is 6.71. The fourth-order valence-electron chi connectivity index (χ4n) is 2.11. The van der Waals surface area contributed by atoms with Gasteiger partial charge in [0, 0.05) is 11.5 Å². The van der Waals surface area contributed by atoms with Crippen molar-refractivity contribution in [2.75, 3.05) is 0 Å².